The van der Waals surface area contributed by atoms with Crippen LogP contribution in [-0.4, -0.2) is 215 Å². The number of Topliss-reactive ketones (excluding diaryl/α,β-unsaturated/α-hetero) is 1. The lowest BCUT2D eigenvalue weighted by Gasteiger charge is -2.45. The third-order valence-electron chi connectivity index (χ3n) is 16.4. The molecule has 0 saturated carbocycles. The van der Waals surface area contributed by atoms with Gasteiger partial charge in [0.25, 0.3) is 0 Å². The number of cyclic esters (lactones) is 1. The van der Waals surface area contributed by atoms with Crippen LogP contribution in [0.5, 0.6) is 0 Å². The van der Waals surface area contributed by atoms with Crippen LogP contribution in [0.2, 0.25) is 0 Å². The van der Waals surface area contributed by atoms with Crippen molar-refractivity contribution in [3.8, 4) is 0 Å². The second-order valence-electron chi connectivity index (χ2n) is 23.8. The molecule has 23 atom stereocenters. The fraction of sp³-hybridized carbons (Fsp3) is 0.911. The van der Waals surface area contributed by atoms with E-state index in [0.29, 0.717) is 18.7 Å². The molecule has 5 rings (SSSR count). The summed E-state index contributed by atoms with van der Waals surface area (Å²) in [6, 6.07) is 0.0169. The van der Waals surface area contributed by atoms with E-state index in [9.17, 15) is 19.8 Å². The van der Waals surface area contributed by atoms with Crippen LogP contribution in [0.15, 0.2) is 5.16 Å². The predicted octanol–water partition coefficient (Wildman–Crippen LogP) is 5.14. The van der Waals surface area contributed by atoms with Crippen molar-refractivity contribution in [1.82, 2.24) is 9.80 Å². The lowest BCUT2D eigenvalue weighted by Crippen LogP contribution is -2.59. The number of carbonyl (C=O) groups excluding carboxylic acids is 4. The van der Waals surface area contributed by atoms with E-state index >= 15 is 9.59 Å². The van der Waals surface area contributed by atoms with Crippen molar-refractivity contribution >= 4 is 29.5 Å². The minimum Gasteiger partial charge on any atom is -0.461 e. The highest BCUT2D eigenvalue weighted by atomic mass is 16.7. The monoisotopic (exact) mass is 1120 g/mol. The summed E-state index contributed by atoms with van der Waals surface area (Å²) < 4.78 is 76.4. The fourth-order valence-electron chi connectivity index (χ4n) is 12.0. The van der Waals surface area contributed by atoms with E-state index in [2.05, 4.69) is 17.0 Å². The van der Waals surface area contributed by atoms with E-state index < -0.39 is 145 Å². The lowest BCUT2D eigenvalue weighted by molar-refractivity contribution is -0.305. The van der Waals surface area contributed by atoms with Gasteiger partial charge in [-0.25, -0.2) is 4.79 Å². The molecule has 0 bridgehead atoms. The second-order valence-corrected chi connectivity index (χ2v) is 23.8. The van der Waals surface area contributed by atoms with Gasteiger partial charge in [-0.2, -0.15) is 0 Å². The summed E-state index contributed by atoms with van der Waals surface area (Å²) in [5.74, 6) is -7.27. The molecule has 22 nitrogen and oxygen atoms in total. The zero-order valence-corrected chi connectivity index (χ0v) is 49.8. The first kappa shape index (κ1) is 65.7. The van der Waals surface area contributed by atoms with Crippen molar-refractivity contribution in [3.63, 3.8) is 0 Å². The number of nitrogens with zero attached hydrogens (tertiary/aromatic N) is 3. The zero-order chi connectivity index (χ0) is 58.1. The average Bonchev–Trinajstić information content (AvgIpc) is 3.53. The normalized spacial score (nSPS) is 42.1. The highest BCUT2D eigenvalue weighted by Gasteiger charge is 2.53. The number of amides is 1. The van der Waals surface area contributed by atoms with Gasteiger partial charge in [0.2, 0.25) is 0 Å². The molecule has 0 aromatic heterocycles. The number of oxime groups is 1. The van der Waals surface area contributed by atoms with Crippen LogP contribution in [0, 0.1) is 41.4 Å². The fourth-order valence-corrected chi connectivity index (χ4v) is 12.0. The summed E-state index contributed by atoms with van der Waals surface area (Å²) in [4.78, 5) is 68.6. The second kappa shape index (κ2) is 29.2. The molecule has 5 saturated heterocycles. The zero-order valence-electron chi connectivity index (χ0n) is 49.8. The number of methoxy groups -OCH3 is 2. The minimum absolute atomic E-state index is 0.0155. The number of aliphatic hydroxyl groups is 2. The topological polar surface area (TPSA) is 248 Å². The van der Waals surface area contributed by atoms with Gasteiger partial charge in [0.1, 0.15) is 43.7 Å². The van der Waals surface area contributed by atoms with Crippen LogP contribution >= 0.6 is 0 Å². The number of hydrogen-bond donors (Lipinski definition) is 2. The Balaban J connectivity index is 1.71. The van der Waals surface area contributed by atoms with Gasteiger partial charge >= 0.3 is 18.0 Å². The van der Waals surface area contributed by atoms with Crippen LogP contribution in [0.4, 0.5) is 4.79 Å². The number of esters is 2. The molecule has 5 heterocycles. The largest absolute Gasteiger partial charge is 0.461 e. The summed E-state index contributed by atoms with van der Waals surface area (Å²) in [5, 5.41) is 26.9. The average molecular weight is 1120 g/mol. The van der Waals surface area contributed by atoms with Gasteiger partial charge in [-0.1, -0.05) is 53.6 Å². The molecular formula is C56H97N3O19. The number of ketones is 1. The molecule has 78 heavy (non-hydrogen) atoms. The predicted molar refractivity (Wildman–Crippen MR) is 284 cm³/mol. The first-order valence-electron chi connectivity index (χ1n) is 28.3. The van der Waals surface area contributed by atoms with Crippen LogP contribution in [0.3, 0.4) is 0 Å². The number of morpholine rings is 1. The van der Waals surface area contributed by atoms with Gasteiger partial charge < -0.3 is 81.7 Å². The molecule has 0 aliphatic carbocycles. The Labute approximate surface area is 463 Å². The van der Waals surface area contributed by atoms with Crippen LogP contribution in [0.25, 0.3) is 0 Å². The number of aliphatic hydroxyl groups excluding tert-OH is 2. The number of likely N-dealkylation sites (N-methyl/N-ethyl adjacent to an activating group) is 1. The highest BCUT2D eigenvalue weighted by molar-refractivity contribution is 5.91. The van der Waals surface area contributed by atoms with E-state index in [1.807, 2.05) is 62.4 Å². The summed E-state index contributed by atoms with van der Waals surface area (Å²) in [5.41, 5.74) is -1.63. The van der Waals surface area contributed by atoms with Crippen molar-refractivity contribution < 1.29 is 91.1 Å². The molecule has 5 aliphatic heterocycles. The number of ether oxygens (including phenoxy) is 12. The van der Waals surface area contributed by atoms with Gasteiger partial charge in [-0.05, 0) is 73.8 Å². The Bertz CT molecular complexity index is 1970. The van der Waals surface area contributed by atoms with Gasteiger partial charge in [0.05, 0.1) is 73.9 Å². The van der Waals surface area contributed by atoms with Crippen molar-refractivity contribution in [3.05, 3.63) is 0 Å². The lowest BCUT2D eigenvalue weighted by atomic mass is 9.74. The minimum atomic E-state index is -1.93. The van der Waals surface area contributed by atoms with E-state index in [1.165, 1.54) is 26.2 Å². The maximum absolute atomic E-state index is 15.9. The van der Waals surface area contributed by atoms with Gasteiger partial charge in [0.15, 0.2) is 30.3 Å². The maximum atomic E-state index is 15.9. The third-order valence-corrected chi connectivity index (χ3v) is 16.4. The van der Waals surface area contributed by atoms with E-state index in [0.717, 1.165) is 0 Å². The standard InChI is InChI=1S/C56H97N3O19/c1-28(2)21-41(60)74-47-36(10)46(30(4)27-70-54-50(67-17)49(66-16)43(61)39(13)73-54)76-52(64)38(12)48(75-42-22-31(5)58(15)25-34(8)71-42)35(9)45(77-53-44(62)40(57-68-18)23-32(6)72-53)29(3)24-56(14,51(63)37(47)11)78-55(65)59-19-20-69-33(7)26-59/h28-39,42-50,53-54,61-62H,19-27H2,1-18H3/b57-40+/t29-,30-,31+,32+,33-,34-,35+,36-,37+,38+,39+,42-,43+,44+,45-,46+,47+,48-,49+,50+,53-,54+,56-/m0/s1. The number of rotatable bonds is 15. The van der Waals surface area contributed by atoms with Crippen LogP contribution in [0.1, 0.15) is 123 Å². The molecule has 0 spiro atoms. The van der Waals surface area contributed by atoms with Gasteiger partial charge in [-0.15, -0.1) is 0 Å². The quantitative estimate of drug-likeness (QED) is 0.122. The van der Waals surface area contributed by atoms with E-state index in [4.69, 9.17) is 61.7 Å². The molecule has 5 aliphatic rings. The maximum Gasteiger partial charge on any atom is 0.410 e. The third kappa shape index (κ3) is 16.5. The molecule has 0 aromatic rings. The van der Waals surface area contributed by atoms with Crippen molar-refractivity contribution in [2.75, 3.05) is 61.2 Å². The molecule has 1 amide bonds. The molecule has 0 radical (unpaired) electrons. The van der Waals surface area contributed by atoms with Crippen LogP contribution in [-0.2, 0) is 76.1 Å². The summed E-state index contributed by atoms with van der Waals surface area (Å²) in [6.45, 7) is 26.5. The molecule has 22 heteroatoms. The molecule has 5 fully saturated rings. The van der Waals surface area contributed by atoms with Gasteiger partial charge in [0, 0.05) is 70.4 Å². The Morgan fingerprint density at radius 2 is 1.47 bits per heavy atom. The van der Waals surface area contributed by atoms with Crippen molar-refractivity contribution in [2.24, 2.45) is 46.6 Å². The molecule has 0 unspecified atom stereocenters. The Hall–Kier alpha value is -3.13. The van der Waals surface area contributed by atoms with E-state index in [1.54, 1.807) is 34.6 Å². The summed E-state index contributed by atoms with van der Waals surface area (Å²) >= 11 is 0. The molecule has 2 N–H and O–H groups in total. The van der Waals surface area contributed by atoms with Crippen molar-refractivity contribution in [2.45, 2.75) is 226 Å². The Morgan fingerprint density at radius 3 is 2.10 bits per heavy atom. The van der Waals surface area contributed by atoms with Crippen molar-refractivity contribution in [1.29, 1.82) is 0 Å². The first-order chi connectivity index (χ1) is 36.6. The molecular weight excluding hydrogens is 1020 g/mol. The van der Waals surface area contributed by atoms with E-state index in [-0.39, 0.29) is 69.7 Å². The Morgan fingerprint density at radius 1 is 0.795 bits per heavy atom. The van der Waals surface area contributed by atoms with Gasteiger partial charge in [-0.3, -0.25) is 14.4 Å². The number of hydrogen-bond acceptors (Lipinski definition) is 21. The van der Waals surface area contributed by atoms with Crippen LogP contribution < -0.4 is 0 Å². The molecule has 0 aromatic carbocycles. The Kier molecular flexibility index (Phi) is 24.6. The first-order valence-corrected chi connectivity index (χ1v) is 28.3. The summed E-state index contributed by atoms with van der Waals surface area (Å²) in [6.07, 6.45) is -13.5. The smallest absolute Gasteiger partial charge is 0.410 e. The SMILES string of the molecule is CO/N=C1\C[C@@H](C)O[C@@H](O[C@@H]2[C@@H](C)[C@H](O[C@H]3C[C@@H](C)N(C)C[C@H](C)O3)[C@@H](C)C(=O)O[C@H]([C@@H](C)CO[C@@H]3O[C@H](C)[C@@H](O)[C@@H](OC)[C@H]3OC)[C@H](C)[C@@H](OC(=O)CC(C)C)[C@@H](C)C(=O)[C@@](C)(OC(=O)N3CCO[C@@H](C)C3)C[C@@H]2C)[C@@H]1O. The summed E-state index contributed by atoms with van der Waals surface area (Å²) in [7, 11) is 6.32. The number of carbonyl (C=O) groups is 4. The molecule has 450 valence electrons. The highest BCUT2D eigenvalue weighted by Crippen LogP contribution is 2.41.